The first kappa shape index (κ1) is 15.3. The Bertz CT molecular complexity index is 252. The minimum Gasteiger partial charge on any atom is -0.315 e. The lowest BCUT2D eigenvalue weighted by atomic mass is 9.77. The van der Waals surface area contributed by atoms with Gasteiger partial charge in [-0.3, -0.25) is 4.90 Å². The number of nitrogens with one attached hydrogen (secondary N) is 1. The van der Waals surface area contributed by atoms with E-state index in [1.165, 1.54) is 70.9 Å². The lowest BCUT2D eigenvalue weighted by Gasteiger charge is -2.50. The van der Waals surface area contributed by atoms with Gasteiger partial charge in [0.2, 0.25) is 0 Å². The van der Waals surface area contributed by atoms with Crippen LogP contribution in [-0.2, 0) is 0 Å². The van der Waals surface area contributed by atoms with E-state index in [0.29, 0.717) is 11.6 Å². The molecule has 1 aliphatic heterocycles. The molecule has 0 radical (unpaired) electrons. The van der Waals surface area contributed by atoms with Crippen molar-refractivity contribution < 1.29 is 0 Å². The first-order valence-corrected chi connectivity index (χ1v) is 8.67. The average Bonchev–Trinajstić information content (AvgIpc) is 2.91. The number of nitrogens with zero attached hydrogens (tertiary/aromatic N) is 1. The molecule has 0 aromatic rings. The zero-order chi connectivity index (χ0) is 13.7. The van der Waals surface area contributed by atoms with E-state index < -0.39 is 0 Å². The molecule has 0 bridgehead atoms. The van der Waals surface area contributed by atoms with Gasteiger partial charge in [-0.25, -0.2) is 0 Å². The van der Waals surface area contributed by atoms with Crippen LogP contribution in [0.1, 0.15) is 71.6 Å². The van der Waals surface area contributed by atoms with Crippen molar-refractivity contribution >= 4 is 0 Å². The van der Waals surface area contributed by atoms with Gasteiger partial charge in [0.15, 0.2) is 0 Å². The number of likely N-dealkylation sites (N-methyl/N-ethyl adjacent to an activating group) is 1. The summed E-state index contributed by atoms with van der Waals surface area (Å²) in [6.45, 7) is 7.48. The third-order valence-corrected chi connectivity index (χ3v) is 5.66. The Morgan fingerprint density at radius 1 is 1.05 bits per heavy atom. The SMILES string of the molecule is CCCC(C)C(NC)C1(N2CCCCC2)CCCC1. The van der Waals surface area contributed by atoms with Gasteiger partial charge in [-0.2, -0.15) is 0 Å². The topological polar surface area (TPSA) is 15.3 Å². The van der Waals surface area contributed by atoms with Crippen LogP contribution in [0, 0.1) is 5.92 Å². The van der Waals surface area contributed by atoms with E-state index in [2.05, 4.69) is 31.1 Å². The first-order valence-electron chi connectivity index (χ1n) is 8.67. The van der Waals surface area contributed by atoms with Crippen molar-refractivity contribution in [3.63, 3.8) is 0 Å². The molecule has 2 atom stereocenters. The first-order chi connectivity index (χ1) is 9.24. The molecule has 2 heteroatoms. The third-order valence-electron chi connectivity index (χ3n) is 5.66. The van der Waals surface area contributed by atoms with Crippen LogP contribution < -0.4 is 5.32 Å². The summed E-state index contributed by atoms with van der Waals surface area (Å²) in [4.78, 5) is 2.87. The van der Waals surface area contributed by atoms with Gasteiger partial charge in [0.05, 0.1) is 0 Å². The maximum absolute atomic E-state index is 3.73. The zero-order valence-corrected chi connectivity index (χ0v) is 13.4. The van der Waals surface area contributed by atoms with Crippen LogP contribution in [-0.4, -0.2) is 36.6 Å². The highest BCUT2D eigenvalue weighted by atomic mass is 15.2. The normalized spacial score (nSPS) is 27.3. The van der Waals surface area contributed by atoms with Crippen LogP contribution >= 0.6 is 0 Å². The molecule has 0 amide bonds. The maximum Gasteiger partial charge on any atom is 0.0365 e. The molecular weight excluding hydrogens is 232 g/mol. The summed E-state index contributed by atoms with van der Waals surface area (Å²) in [6.07, 6.45) is 12.7. The van der Waals surface area contributed by atoms with Crippen molar-refractivity contribution in [2.45, 2.75) is 83.2 Å². The maximum atomic E-state index is 3.73. The third kappa shape index (κ3) is 3.16. The Morgan fingerprint density at radius 3 is 2.21 bits per heavy atom. The second-order valence-electron chi connectivity index (χ2n) is 6.89. The summed E-state index contributed by atoms with van der Waals surface area (Å²) in [5, 5.41) is 3.73. The Kier molecular flexibility index (Phi) is 5.70. The number of piperidine rings is 1. The van der Waals surface area contributed by atoms with Gasteiger partial charge in [0.1, 0.15) is 0 Å². The molecular formula is C17H34N2. The Hall–Kier alpha value is -0.0800. The van der Waals surface area contributed by atoms with Gasteiger partial charge in [-0.1, -0.05) is 39.5 Å². The summed E-state index contributed by atoms with van der Waals surface area (Å²) in [7, 11) is 2.20. The molecule has 0 spiro atoms. The quantitative estimate of drug-likeness (QED) is 0.786. The molecule has 0 aromatic carbocycles. The monoisotopic (exact) mass is 266 g/mol. The zero-order valence-electron chi connectivity index (χ0n) is 13.4. The summed E-state index contributed by atoms with van der Waals surface area (Å²) >= 11 is 0. The van der Waals surface area contributed by atoms with Crippen molar-refractivity contribution in [1.29, 1.82) is 0 Å². The fourth-order valence-electron chi connectivity index (χ4n) is 4.86. The van der Waals surface area contributed by atoms with Gasteiger partial charge in [0.25, 0.3) is 0 Å². The molecule has 1 saturated carbocycles. The second kappa shape index (κ2) is 7.08. The smallest absolute Gasteiger partial charge is 0.0365 e. The van der Waals surface area contributed by atoms with E-state index in [1.54, 1.807) is 0 Å². The van der Waals surface area contributed by atoms with Crippen LogP contribution in [0.2, 0.25) is 0 Å². The van der Waals surface area contributed by atoms with Crippen LogP contribution in [0.15, 0.2) is 0 Å². The highest BCUT2D eigenvalue weighted by molar-refractivity contribution is 5.05. The van der Waals surface area contributed by atoms with Crippen molar-refractivity contribution in [1.82, 2.24) is 10.2 Å². The van der Waals surface area contributed by atoms with Crippen molar-refractivity contribution in [3.8, 4) is 0 Å². The minimum absolute atomic E-state index is 0.476. The Balaban J connectivity index is 2.15. The lowest BCUT2D eigenvalue weighted by Crippen LogP contribution is -2.62. The largest absolute Gasteiger partial charge is 0.315 e. The van der Waals surface area contributed by atoms with E-state index in [9.17, 15) is 0 Å². The molecule has 0 aromatic heterocycles. The predicted octanol–water partition coefficient (Wildman–Crippen LogP) is 3.81. The molecule has 2 rings (SSSR count). The average molecular weight is 266 g/mol. The highest BCUT2D eigenvalue weighted by Gasteiger charge is 2.46. The predicted molar refractivity (Wildman–Crippen MR) is 83.5 cm³/mol. The fourth-order valence-corrected chi connectivity index (χ4v) is 4.86. The highest BCUT2D eigenvalue weighted by Crippen LogP contribution is 2.42. The molecule has 2 fully saturated rings. The fraction of sp³-hybridized carbons (Fsp3) is 1.00. The number of hydrogen-bond donors (Lipinski definition) is 1. The van der Waals surface area contributed by atoms with E-state index in [-0.39, 0.29) is 0 Å². The standard InChI is InChI=1S/C17H34N2/c1-4-10-15(2)16(18-3)17(11-6-7-12-17)19-13-8-5-9-14-19/h15-16,18H,4-14H2,1-3H3. The molecule has 2 nitrogen and oxygen atoms in total. The van der Waals surface area contributed by atoms with E-state index in [0.717, 1.165) is 5.92 Å². The molecule has 19 heavy (non-hydrogen) atoms. The van der Waals surface area contributed by atoms with Crippen LogP contribution in [0.4, 0.5) is 0 Å². The van der Waals surface area contributed by atoms with E-state index >= 15 is 0 Å². The summed E-state index contributed by atoms with van der Waals surface area (Å²) < 4.78 is 0. The van der Waals surface area contributed by atoms with E-state index in [4.69, 9.17) is 0 Å². The summed E-state index contributed by atoms with van der Waals surface area (Å²) in [5.74, 6) is 0.801. The lowest BCUT2D eigenvalue weighted by molar-refractivity contribution is 0.0206. The van der Waals surface area contributed by atoms with Gasteiger partial charge in [-0.05, 0) is 58.2 Å². The number of likely N-dealkylation sites (tertiary alicyclic amines) is 1. The van der Waals surface area contributed by atoms with Crippen LogP contribution in [0.5, 0.6) is 0 Å². The Morgan fingerprint density at radius 2 is 1.68 bits per heavy atom. The molecule has 2 aliphatic rings. The van der Waals surface area contributed by atoms with Crippen molar-refractivity contribution in [3.05, 3.63) is 0 Å². The molecule has 112 valence electrons. The van der Waals surface area contributed by atoms with Crippen LogP contribution in [0.3, 0.4) is 0 Å². The molecule has 2 unspecified atom stereocenters. The number of hydrogen-bond acceptors (Lipinski definition) is 2. The second-order valence-corrected chi connectivity index (χ2v) is 6.89. The molecule has 1 N–H and O–H groups in total. The van der Waals surface area contributed by atoms with Gasteiger partial charge >= 0.3 is 0 Å². The Labute approximate surface area is 120 Å². The molecule has 1 aliphatic carbocycles. The van der Waals surface area contributed by atoms with E-state index in [1.807, 2.05) is 0 Å². The summed E-state index contributed by atoms with van der Waals surface area (Å²) in [5.41, 5.74) is 0.476. The number of rotatable bonds is 6. The van der Waals surface area contributed by atoms with Crippen LogP contribution in [0.25, 0.3) is 0 Å². The molecule has 1 saturated heterocycles. The minimum atomic E-state index is 0.476. The van der Waals surface area contributed by atoms with Crippen molar-refractivity contribution in [2.24, 2.45) is 5.92 Å². The van der Waals surface area contributed by atoms with Crippen molar-refractivity contribution in [2.75, 3.05) is 20.1 Å². The van der Waals surface area contributed by atoms with Gasteiger partial charge in [-0.15, -0.1) is 0 Å². The van der Waals surface area contributed by atoms with Gasteiger partial charge < -0.3 is 5.32 Å². The van der Waals surface area contributed by atoms with Gasteiger partial charge in [0, 0.05) is 11.6 Å². The summed E-state index contributed by atoms with van der Waals surface area (Å²) in [6, 6.07) is 0.688. The molecule has 1 heterocycles.